The van der Waals surface area contributed by atoms with Crippen LogP contribution in [-0.2, 0) is 4.79 Å². The minimum Gasteiger partial charge on any atom is -0.370 e. The van der Waals surface area contributed by atoms with Crippen LogP contribution in [0.3, 0.4) is 0 Å². The zero-order valence-corrected chi connectivity index (χ0v) is 13.8. The van der Waals surface area contributed by atoms with Crippen LogP contribution in [0.15, 0.2) is 4.99 Å². The maximum atomic E-state index is 11.5. The van der Waals surface area contributed by atoms with Gasteiger partial charge in [-0.1, -0.05) is 12.8 Å². The number of nitrogens with two attached hydrogens (primary N) is 1. The standard InChI is InChI=1S/C12H24N4O.HI/c1-12(2,3)16-10(17)8-14-11(13)15-9-6-4-5-7-9;/h9H,4-8H2,1-3H3,(H,16,17)(H3,13,14,15);1H. The van der Waals surface area contributed by atoms with Gasteiger partial charge in [-0.15, -0.1) is 24.0 Å². The lowest BCUT2D eigenvalue weighted by Crippen LogP contribution is -2.43. The molecular weight excluding hydrogens is 343 g/mol. The van der Waals surface area contributed by atoms with E-state index in [1.54, 1.807) is 0 Å². The summed E-state index contributed by atoms with van der Waals surface area (Å²) in [6, 6.07) is 0.435. The molecule has 1 saturated carbocycles. The zero-order chi connectivity index (χ0) is 12.9. The summed E-state index contributed by atoms with van der Waals surface area (Å²) in [5.41, 5.74) is 5.50. The summed E-state index contributed by atoms with van der Waals surface area (Å²) in [4.78, 5) is 15.5. The summed E-state index contributed by atoms with van der Waals surface area (Å²) in [6.45, 7) is 5.90. The summed E-state index contributed by atoms with van der Waals surface area (Å²) in [7, 11) is 0. The van der Waals surface area contributed by atoms with E-state index in [2.05, 4.69) is 15.6 Å². The van der Waals surface area contributed by atoms with Crippen LogP contribution in [0.5, 0.6) is 0 Å². The lowest BCUT2D eigenvalue weighted by atomic mass is 10.1. The molecule has 0 saturated heterocycles. The fourth-order valence-corrected chi connectivity index (χ4v) is 1.94. The molecule has 0 radical (unpaired) electrons. The van der Waals surface area contributed by atoms with Crippen molar-refractivity contribution < 1.29 is 4.79 Å². The van der Waals surface area contributed by atoms with Gasteiger partial charge in [-0.05, 0) is 33.6 Å². The molecule has 1 fully saturated rings. The van der Waals surface area contributed by atoms with E-state index < -0.39 is 0 Å². The Morgan fingerprint density at radius 1 is 1.33 bits per heavy atom. The topological polar surface area (TPSA) is 79.5 Å². The van der Waals surface area contributed by atoms with E-state index >= 15 is 0 Å². The van der Waals surface area contributed by atoms with Gasteiger partial charge in [0.25, 0.3) is 0 Å². The highest BCUT2D eigenvalue weighted by Gasteiger charge is 2.16. The third-order valence-electron chi connectivity index (χ3n) is 2.61. The third kappa shape index (κ3) is 7.73. The molecule has 0 atom stereocenters. The minimum absolute atomic E-state index is 0. The number of nitrogens with one attached hydrogen (secondary N) is 2. The number of carbonyl (C=O) groups excluding carboxylic acids is 1. The molecule has 1 aliphatic rings. The molecule has 0 heterocycles. The summed E-state index contributed by atoms with van der Waals surface area (Å²) in [5.74, 6) is 0.273. The van der Waals surface area contributed by atoms with E-state index in [9.17, 15) is 4.79 Å². The largest absolute Gasteiger partial charge is 0.370 e. The Hall–Kier alpha value is -0.530. The van der Waals surface area contributed by atoms with Gasteiger partial charge in [-0.25, -0.2) is 4.99 Å². The third-order valence-corrected chi connectivity index (χ3v) is 2.61. The maximum absolute atomic E-state index is 11.5. The number of hydrogen-bond donors (Lipinski definition) is 3. The molecule has 0 spiro atoms. The van der Waals surface area contributed by atoms with Crippen molar-refractivity contribution in [2.45, 2.75) is 58.0 Å². The van der Waals surface area contributed by atoms with Crippen LogP contribution in [0.2, 0.25) is 0 Å². The summed E-state index contributed by atoms with van der Waals surface area (Å²) in [5, 5.41) is 5.98. The van der Waals surface area contributed by atoms with E-state index in [4.69, 9.17) is 5.73 Å². The van der Waals surface area contributed by atoms with Gasteiger partial charge in [-0.3, -0.25) is 4.79 Å². The molecule has 106 valence electrons. The first-order chi connectivity index (χ1) is 7.87. The van der Waals surface area contributed by atoms with E-state index in [-0.39, 0.29) is 42.0 Å². The molecule has 0 aromatic carbocycles. The Morgan fingerprint density at radius 2 is 1.89 bits per heavy atom. The molecule has 0 bridgehead atoms. The van der Waals surface area contributed by atoms with Crippen LogP contribution in [-0.4, -0.2) is 30.0 Å². The predicted octanol–water partition coefficient (Wildman–Crippen LogP) is 1.37. The van der Waals surface area contributed by atoms with E-state index in [0.29, 0.717) is 12.0 Å². The highest BCUT2D eigenvalue weighted by molar-refractivity contribution is 14.0. The van der Waals surface area contributed by atoms with Gasteiger partial charge >= 0.3 is 0 Å². The number of halogens is 1. The Balaban J connectivity index is 0.00000289. The van der Waals surface area contributed by atoms with Crippen LogP contribution >= 0.6 is 24.0 Å². The number of rotatable bonds is 3. The number of aliphatic imine (C=N–C) groups is 1. The Bertz CT molecular complexity index is 293. The highest BCUT2D eigenvalue weighted by Crippen LogP contribution is 2.17. The quantitative estimate of drug-likeness (QED) is 0.400. The van der Waals surface area contributed by atoms with Crippen molar-refractivity contribution in [2.24, 2.45) is 10.7 Å². The second-order valence-electron chi connectivity index (χ2n) is 5.63. The van der Waals surface area contributed by atoms with Gasteiger partial charge in [0.15, 0.2) is 5.96 Å². The Labute approximate surface area is 126 Å². The van der Waals surface area contributed by atoms with Gasteiger partial charge in [-0.2, -0.15) is 0 Å². The lowest BCUT2D eigenvalue weighted by molar-refractivity contribution is -0.121. The van der Waals surface area contributed by atoms with Gasteiger partial charge < -0.3 is 16.4 Å². The van der Waals surface area contributed by atoms with Crippen LogP contribution in [0.25, 0.3) is 0 Å². The first kappa shape index (κ1) is 17.5. The smallest absolute Gasteiger partial charge is 0.242 e. The van der Waals surface area contributed by atoms with Crippen LogP contribution in [0.4, 0.5) is 0 Å². The highest BCUT2D eigenvalue weighted by atomic mass is 127. The van der Waals surface area contributed by atoms with Gasteiger partial charge in [0.05, 0.1) is 0 Å². The van der Waals surface area contributed by atoms with Gasteiger partial charge in [0.2, 0.25) is 5.91 Å². The fraction of sp³-hybridized carbons (Fsp3) is 0.833. The van der Waals surface area contributed by atoms with Gasteiger partial charge in [0, 0.05) is 11.6 Å². The summed E-state index contributed by atoms with van der Waals surface area (Å²) >= 11 is 0. The number of nitrogens with zero attached hydrogens (tertiary/aromatic N) is 1. The van der Waals surface area contributed by atoms with Crippen molar-refractivity contribution in [3.63, 3.8) is 0 Å². The molecule has 4 N–H and O–H groups in total. The molecule has 1 aliphatic carbocycles. The van der Waals surface area contributed by atoms with Crippen molar-refractivity contribution in [1.82, 2.24) is 10.6 Å². The predicted molar refractivity (Wildman–Crippen MR) is 85.2 cm³/mol. The second-order valence-corrected chi connectivity index (χ2v) is 5.63. The lowest BCUT2D eigenvalue weighted by Gasteiger charge is -2.20. The molecule has 5 nitrogen and oxygen atoms in total. The van der Waals surface area contributed by atoms with E-state index in [0.717, 1.165) is 12.8 Å². The minimum atomic E-state index is -0.222. The molecule has 0 aliphatic heterocycles. The first-order valence-electron chi connectivity index (χ1n) is 6.24. The van der Waals surface area contributed by atoms with Crippen LogP contribution < -0.4 is 16.4 Å². The maximum Gasteiger partial charge on any atom is 0.242 e. The SMILES string of the molecule is CC(C)(C)NC(=O)CN=C(N)NC1CCCC1.I. The van der Waals surface area contributed by atoms with Crippen molar-refractivity contribution in [1.29, 1.82) is 0 Å². The van der Waals surface area contributed by atoms with E-state index in [1.807, 2.05) is 20.8 Å². The summed E-state index contributed by atoms with van der Waals surface area (Å²) in [6.07, 6.45) is 4.78. The normalized spacial score (nSPS) is 17.2. The van der Waals surface area contributed by atoms with Crippen LogP contribution in [0.1, 0.15) is 46.5 Å². The van der Waals surface area contributed by atoms with Crippen molar-refractivity contribution in [2.75, 3.05) is 6.54 Å². The van der Waals surface area contributed by atoms with Crippen molar-refractivity contribution in [3.8, 4) is 0 Å². The molecular formula is C12H25IN4O. The molecule has 0 aromatic heterocycles. The number of amides is 1. The molecule has 0 unspecified atom stereocenters. The second kappa shape index (κ2) is 7.81. The molecule has 0 aromatic rings. The average Bonchev–Trinajstić information content (AvgIpc) is 2.64. The monoisotopic (exact) mass is 368 g/mol. The molecule has 6 heteroatoms. The number of guanidine groups is 1. The molecule has 1 rings (SSSR count). The fourth-order valence-electron chi connectivity index (χ4n) is 1.94. The summed E-state index contributed by atoms with van der Waals surface area (Å²) < 4.78 is 0. The van der Waals surface area contributed by atoms with E-state index in [1.165, 1.54) is 12.8 Å². The van der Waals surface area contributed by atoms with Crippen molar-refractivity contribution in [3.05, 3.63) is 0 Å². The van der Waals surface area contributed by atoms with Crippen LogP contribution in [0, 0.1) is 0 Å². The van der Waals surface area contributed by atoms with Gasteiger partial charge in [0.1, 0.15) is 6.54 Å². The van der Waals surface area contributed by atoms with Crippen molar-refractivity contribution >= 4 is 35.8 Å². The molecule has 1 amide bonds. The Kier molecular flexibility index (Phi) is 7.58. The molecule has 18 heavy (non-hydrogen) atoms. The number of carbonyl (C=O) groups is 1. The average molecular weight is 368 g/mol. The Morgan fingerprint density at radius 3 is 2.39 bits per heavy atom. The number of hydrogen-bond acceptors (Lipinski definition) is 2. The first-order valence-corrected chi connectivity index (χ1v) is 6.24. The zero-order valence-electron chi connectivity index (χ0n) is 11.5.